The lowest BCUT2D eigenvalue weighted by Gasteiger charge is -2.17. The summed E-state index contributed by atoms with van der Waals surface area (Å²) in [6, 6.07) is 3.25. The Kier molecular flexibility index (Phi) is 6.45. The van der Waals surface area contributed by atoms with E-state index in [0.717, 1.165) is 0 Å². The van der Waals surface area contributed by atoms with Crippen LogP contribution in [0.15, 0.2) is 18.3 Å². The average Bonchev–Trinajstić information content (AvgIpc) is 2.46. The highest BCUT2D eigenvalue weighted by molar-refractivity contribution is 5.98. The molecule has 2 amide bonds. The van der Waals surface area contributed by atoms with Gasteiger partial charge >= 0.3 is 0 Å². The third kappa shape index (κ3) is 4.51. The van der Waals surface area contributed by atoms with E-state index >= 15 is 0 Å². The van der Waals surface area contributed by atoms with Crippen LogP contribution in [0.25, 0.3) is 0 Å². The molecule has 1 aromatic heterocycles. The number of nitrogens with one attached hydrogen (secondary N) is 1. The summed E-state index contributed by atoms with van der Waals surface area (Å²) in [7, 11) is 4.54. The molecule has 0 radical (unpaired) electrons. The summed E-state index contributed by atoms with van der Waals surface area (Å²) < 4.78 is 9.85. The van der Waals surface area contributed by atoms with E-state index in [-0.39, 0.29) is 24.2 Å². The third-order valence-corrected chi connectivity index (χ3v) is 2.55. The number of rotatable bonds is 7. The molecule has 7 heteroatoms. The average molecular weight is 281 g/mol. The van der Waals surface area contributed by atoms with E-state index in [1.54, 1.807) is 26.3 Å². The molecule has 0 aliphatic carbocycles. The molecule has 0 bridgehead atoms. The molecule has 7 nitrogen and oxygen atoms in total. The van der Waals surface area contributed by atoms with Crippen LogP contribution in [0, 0.1) is 0 Å². The Morgan fingerprint density at radius 1 is 1.40 bits per heavy atom. The Bertz CT molecular complexity index is 465. The van der Waals surface area contributed by atoms with Crippen LogP contribution in [0.3, 0.4) is 0 Å². The molecule has 0 unspecified atom stereocenters. The number of carbonyl (C=O) groups excluding carboxylic acids is 2. The number of ether oxygens (including phenoxy) is 2. The first-order chi connectivity index (χ1) is 9.60. The molecule has 1 rings (SSSR count). The number of hydrogen-bond donors (Lipinski definition) is 1. The molecule has 0 fully saturated rings. The fourth-order valence-electron chi connectivity index (χ4n) is 1.56. The molecular formula is C13H19N3O4. The van der Waals surface area contributed by atoms with Gasteiger partial charge in [-0.1, -0.05) is 0 Å². The fourth-order valence-corrected chi connectivity index (χ4v) is 1.56. The Hall–Kier alpha value is -2.15. The maximum atomic E-state index is 12.2. The van der Waals surface area contributed by atoms with Crippen molar-refractivity contribution in [3.05, 3.63) is 23.9 Å². The van der Waals surface area contributed by atoms with Gasteiger partial charge in [0.25, 0.3) is 5.91 Å². The Labute approximate surface area is 117 Å². The van der Waals surface area contributed by atoms with E-state index in [2.05, 4.69) is 10.3 Å². The largest absolute Gasteiger partial charge is 0.480 e. The molecule has 0 saturated carbocycles. The van der Waals surface area contributed by atoms with Gasteiger partial charge in [0, 0.05) is 26.9 Å². The summed E-state index contributed by atoms with van der Waals surface area (Å²) in [6.07, 6.45) is 1.53. The van der Waals surface area contributed by atoms with Crippen LogP contribution in [0.2, 0.25) is 0 Å². The summed E-state index contributed by atoms with van der Waals surface area (Å²) in [4.78, 5) is 29.1. The molecule has 0 aromatic carbocycles. The summed E-state index contributed by atoms with van der Waals surface area (Å²) in [5.74, 6) is -0.332. The molecule has 0 aliphatic heterocycles. The van der Waals surface area contributed by atoms with Crippen LogP contribution in [-0.4, -0.2) is 62.7 Å². The fraction of sp³-hybridized carbons (Fsp3) is 0.462. The van der Waals surface area contributed by atoms with Crippen molar-refractivity contribution in [2.75, 3.05) is 41.0 Å². The van der Waals surface area contributed by atoms with Crippen molar-refractivity contribution in [1.82, 2.24) is 15.2 Å². The minimum atomic E-state index is -0.322. The molecule has 1 aromatic rings. The van der Waals surface area contributed by atoms with Crippen LogP contribution in [0.5, 0.6) is 5.88 Å². The minimum Gasteiger partial charge on any atom is -0.480 e. The predicted molar refractivity (Wildman–Crippen MR) is 72.6 cm³/mol. The minimum absolute atomic E-state index is 0.0411. The number of aromatic nitrogens is 1. The van der Waals surface area contributed by atoms with Crippen LogP contribution >= 0.6 is 0 Å². The van der Waals surface area contributed by atoms with Gasteiger partial charge in [-0.2, -0.15) is 0 Å². The number of amides is 2. The summed E-state index contributed by atoms with van der Waals surface area (Å²) in [5, 5.41) is 2.64. The lowest BCUT2D eigenvalue weighted by atomic mass is 10.2. The zero-order chi connectivity index (χ0) is 15.0. The van der Waals surface area contributed by atoms with Gasteiger partial charge in [-0.05, 0) is 12.1 Å². The smallest absolute Gasteiger partial charge is 0.259 e. The second-order valence-electron chi connectivity index (χ2n) is 4.06. The van der Waals surface area contributed by atoms with Gasteiger partial charge < -0.3 is 19.7 Å². The second kappa shape index (κ2) is 8.11. The number of methoxy groups -OCH3 is 2. The van der Waals surface area contributed by atoms with Gasteiger partial charge in [0.05, 0.1) is 20.3 Å². The zero-order valence-corrected chi connectivity index (χ0v) is 11.9. The first-order valence-electron chi connectivity index (χ1n) is 6.10. The van der Waals surface area contributed by atoms with E-state index in [1.807, 2.05) is 0 Å². The molecular weight excluding hydrogens is 262 g/mol. The first kappa shape index (κ1) is 15.9. The van der Waals surface area contributed by atoms with Crippen molar-refractivity contribution in [1.29, 1.82) is 0 Å². The number of hydrogen-bond acceptors (Lipinski definition) is 5. The quantitative estimate of drug-likeness (QED) is 0.707. The lowest BCUT2D eigenvalue weighted by molar-refractivity contribution is -0.121. The van der Waals surface area contributed by atoms with E-state index in [1.165, 1.54) is 18.2 Å². The number of likely N-dealkylation sites (N-methyl/N-ethyl adjacent to an activating group) is 1. The van der Waals surface area contributed by atoms with Crippen molar-refractivity contribution < 1.29 is 19.1 Å². The molecule has 0 atom stereocenters. The predicted octanol–water partition coefficient (Wildman–Crippen LogP) is -0.0752. The van der Waals surface area contributed by atoms with E-state index in [0.29, 0.717) is 18.7 Å². The van der Waals surface area contributed by atoms with Gasteiger partial charge in [0.2, 0.25) is 11.8 Å². The molecule has 110 valence electrons. The van der Waals surface area contributed by atoms with Crippen molar-refractivity contribution in [3.8, 4) is 5.88 Å². The van der Waals surface area contributed by atoms with E-state index in [4.69, 9.17) is 9.47 Å². The van der Waals surface area contributed by atoms with Crippen LogP contribution in [0.4, 0.5) is 0 Å². The third-order valence-electron chi connectivity index (χ3n) is 2.55. The van der Waals surface area contributed by atoms with Gasteiger partial charge in [-0.3, -0.25) is 9.59 Å². The topological polar surface area (TPSA) is 80.8 Å². The molecule has 1 heterocycles. The maximum absolute atomic E-state index is 12.2. The SMILES string of the molecule is COCCNC(=O)CN(C)C(=O)c1cccnc1OC. The van der Waals surface area contributed by atoms with E-state index in [9.17, 15) is 9.59 Å². The van der Waals surface area contributed by atoms with Gasteiger partial charge in [-0.15, -0.1) is 0 Å². The Balaban J connectivity index is 2.60. The van der Waals surface area contributed by atoms with Crippen molar-refractivity contribution in [3.63, 3.8) is 0 Å². The highest BCUT2D eigenvalue weighted by Crippen LogP contribution is 2.15. The zero-order valence-electron chi connectivity index (χ0n) is 11.9. The lowest BCUT2D eigenvalue weighted by Crippen LogP contribution is -2.39. The highest BCUT2D eigenvalue weighted by Gasteiger charge is 2.18. The standard InChI is InChI=1S/C13H19N3O4/c1-16(9-11(17)14-7-8-19-2)13(18)10-5-4-6-15-12(10)20-3/h4-6H,7-9H2,1-3H3,(H,14,17). The van der Waals surface area contributed by atoms with Gasteiger partial charge in [0.1, 0.15) is 5.56 Å². The van der Waals surface area contributed by atoms with Crippen molar-refractivity contribution >= 4 is 11.8 Å². The van der Waals surface area contributed by atoms with Gasteiger partial charge in [0.15, 0.2) is 0 Å². The molecule has 1 N–H and O–H groups in total. The Morgan fingerprint density at radius 3 is 2.80 bits per heavy atom. The van der Waals surface area contributed by atoms with E-state index < -0.39 is 0 Å². The molecule has 20 heavy (non-hydrogen) atoms. The second-order valence-corrected chi connectivity index (χ2v) is 4.06. The maximum Gasteiger partial charge on any atom is 0.259 e. The number of carbonyl (C=O) groups is 2. The summed E-state index contributed by atoms with van der Waals surface area (Å²) >= 11 is 0. The van der Waals surface area contributed by atoms with Crippen LogP contribution in [-0.2, 0) is 9.53 Å². The van der Waals surface area contributed by atoms with Gasteiger partial charge in [-0.25, -0.2) is 4.98 Å². The van der Waals surface area contributed by atoms with Crippen molar-refractivity contribution in [2.24, 2.45) is 0 Å². The summed E-state index contributed by atoms with van der Waals surface area (Å²) in [6.45, 7) is 0.800. The number of nitrogens with zero attached hydrogens (tertiary/aromatic N) is 2. The number of pyridine rings is 1. The highest BCUT2D eigenvalue weighted by atomic mass is 16.5. The molecule has 0 spiro atoms. The van der Waals surface area contributed by atoms with Crippen molar-refractivity contribution in [2.45, 2.75) is 0 Å². The molecule has 0 aliphatic rings. The van der Waals surface area contributed by atoms with Crippen LogP contribution in [0.1, 0.15) is 10.4 Å². The first-order valence-corrected chi connectivity index (χ1v) is 6.10. The monoisotopic (exact) mass is 281 g/mol. The van der Waals surface area contributed by atoms with Crippen LogP contribution < -0.4 is 10.1 Å². The normalized spacial score (nSPS) is 9.95. The Morgan fingerprint density at radius 2 is 2.15 bits per heavy atom. The molecule has 0 saturated heterocycles. The summed E-state index contributed by atoms with van der Waals surface area (Å²) in [5.41, 5.74) is 0.321.